The highest BCUT2D eigenvalue weighted by molar-refractivity contribution is 5.85. The number of benzene rings is 1. The molecule has 5 nitrogen and oxygen atoms in total. The number of hydrogen-bond acceptors (Lipinski definition) is 3. The van der Waals surface area contributed by atoms with E-state index in [1.54, 1.807) is 4.90 Å². The quantitative estimate of drug-likeness (QED) is 0.759. The van der Waals surface area contributed by atoms with Crippen LogP contribution in [-0.4, -0.2) is 53.3 Å². The molecule has 158 valence electrons. The van der Waals surface area contributed by atoms with Gasteiger partial charge in [-0.3, -0.25) is 9.59 Å². The van der Waals surface area contributed by atoms with Crippen molar-refractivity contribution in [3.8, 4) is 0 Å². The molecule has 1 aliphatic carbocycles. The van der Waals surface area contributed by atoms with Crippen molar-refractivity contribution in [2.75, 3.05) is 19.6 Å². The van der Waals surface area contributed by atoms with E-state index in [9.17, 15) is 22.8 Å². The Kier molecular flexibility index (Phi) is 5.09. The molecule has 2 aliphatic heterocycles. The second kappa shape index (κ2) is 7.31. The van der Waals surface area contributed by atoms with Crippen LogP contribution in [0.25, 0.3) is 0 Å². The maximum atomic E-state index is 13.8. The van der Waals surface area contributed by atoms with Crippen molar-refractivity contribution in [3.05, 3.63) is 35.1 Å². The first-order valence-electron chi connectivity index (χ1n) is 10.2. The first kappa shape index (κ1) is 20.2. The Morgan fingerprint density at radius 2 is 1.86 bits per heavy atom. The molecular weight excluding hydrogens is 383 g/mol. The van der Waals surface area contributed by atoms with Crippen molar-refractivity contribution in [2.24, 2.45) is 17.1 Å². The molecule has 1 saturated carbocycles. The number of halogens is 3. The molecule has 3 aliphatic rings. The van der Waals surface area contributed by atoms with Crippen molar-refractivity contribution >= 4 is 11.8 Å². The van der Waals surface area contributed by atoms with Crippen molar-refractivity contribution in [1.29, 1.82) is 0 Å². The van der Waals surface area contributed by atoms with Crippen molar-refractivity contribution in [2.45, 2.75) is 51.1 Å². The molecule has 3 unspecified atom stereocenters. The molecule has 2 saturated heterocycles. The lowest BCUT2D eigenvalue weighted by Gasteiger charge is -2.27. The standard InChI is InChI=1S/C21H26F3N3O2/c1-21(3-4-21)20(29)26-10-12-2-5-27(18(12)11-26)19(28)8-14(25)6-13-7-16(23)17(24)9-15(13)22/h7,9,12,14,18H,2-6,8,10-11,25H2,1H3. The molecule has 2 heterocycles. The lowest BCUT2D eigenvalue weighted by atomic mass is 10.0. The van der Waals surface area contributed by atoms with Crippen LogP contribution >= 0.6 is 0 Å². The van der Waals surface area contributed by atoms with E-state index in [2.05, 4.69) is 0 Å². The van der Waals surface area contributed by atoms with Gasteiger partial charge in [-0.1, -0.05) is 6.92 Å². The summed E-state index contributed by atoms with van der Waals surface area (Å²) in [5, 5.41) is 0. The fourth-order valence-electron chi connectivity index (χ4n) is 4.64. The second-order valence-electron chi connectivity index (χ2n) is 9.00. The Hall–Kier alpha value is -2.09. The molecule has 2 N–H and O–H groups in total. The van der Waals surface area contributed by atoms with E-state index >= 15 is 0 Å². The molecule has 0 spiro atoms. The summed E-state index contributed by atoms with van der Waals surface area (Å²) < 4.78 is 40.3. The first-order valence-corrected chi connectivity index (χ1v) is 10.2. The minimum Gasteiger partial charge on any atom is -0.340 e. The van der Waals surface area contributed by atoms with E-state index < -0.39 is 23.5 Å². The van der Waals surface area contributed by atoms with Crippen LogP contribution in [0.1, 0.15) is 38.2 Å². The summed E-state index contributed by atoms with van der Waals surface area (Å²) in [6.07, 6.45) is 2.64. The van der Waals surface area contributed by atoms with E-state index in [1.165, 1.54) is 0 Å². The zero-order valence-electron chi connectivity index (χ0n) is 16.5. The largest absolute Gasteiger partial charge is 0.340 e. The van der Waals surface area contributed by atoms with E-state index in [0.29, 0.717) is 25.7 Å². The molecule has 3 fully saturated rings. The molecule has 0 bridgehead atoms. The van der Waals surface area contributed by atoms with Crippen LogP contribution in [0.15, 0.2) is 12.1 Å². The van der Waals surface area contributed by atoms with Crippen molar-refractivity contribution < 1.29 is 22.8 Å². The predicted octanol–water partition coefficient (Wildman–Crippen LogP) is 2.22. The number of hydrogen-bond donors (Lipinski definition) is 1. The minimum absolute atomic E-state index is 0.000928. The second-order valence-corrected chi connectivity index (χ2v) is 9.00. The fraction of sp³-hybridized carbons (Fsp3) is 0.619. The molecule has 8 heteroatoms. The molecule has 3 atom stereocenters. The van der Waals surface area contributed by atoms with Gasteiger partial charge in [0.05, 0.1) is 6.04 Å². The highest BCUT2D eigenvalue weighted by atomic mass is 19.2. The summed E-state index contributed by atoms with van der Waals surface area (Å²) >= 11 is 0. The maximum absolute atomic E-state index is 13.8. The lowest BCUT2D eigenvalue weighted by Crippen LogP contribution is -2.43. The molecule has 29 heavy (non-hydrogen) atoms. The van der Waals surface area contributed by atoms with Gasteiger partial charge in [0.25, 0.3) is 0 Å². The Morgan fingerprint density at radius 1 is 1.17 bits per heavy atom. The topological polar surface area (TPSA) is 66.6 Å². The van der Waals surface area contributed by atoms with Gasteiger partial charge in [0.1, 0.15) is 5.82 Å². The Morgan fingerprint density at radius 3 is 2.55 bits per heavy atom. The maximum Gasteiger partial charge on any atom is 0.228 e. The van der Waals surface area contributed by atoms with Gasteiger partial charge < -0.3 is 15.5 Å². The third kappa shape index (κ3) is 3.86. The Balaban J connectivity index is 1.35. The highest BCUT2D eigenvalue weighted by Gasteiger charge is 2.52. The van der Waals surface area contributed by atoms with Gasteiger partial charge in [-0.15, -0.1) is 0 Å². The van der Waals surface area contributed by atoms with Gasteiger partial charge >= 0.3 is 0 Å². The van der Waals surface area contributed by atoms with E-state index in [0.717, 1.165) is 25.3 Å². The molecule has 1 aromatic rings. The summed E-state index contributed by atoms with van der Waals surface area (Å²) in [6, 6.07) is 0.584. The van der Waals surface area contributed by atoms with Gasteiger partial charge in [-0.2, -0.15) is 0 Å². The van der Waals surface area contributed by atoms with Crippen LogP contribution in [0.5, 0.6) is 0 Å². The summed E-state index contributed by atoms with van der Waals surface area (Å²) in [6.45, 7) is 3.86. The first-order chi connectivity index (χ1) is 13.7. The van der Waals surface area contributed by atoms with Crippen molar-refractivity contribution in [1.82, 2.24) is 9.80 Å². The third-order valence-electron chi connectivity index (χ3n) is 6.68. The summed E-state index contributed by atoms with van der Waals surface area (Å²) in [5.41, 5.74) is 5.75. The van der Waals surface area contributed by atoms with Crippen LogP contribution < -0.4 is 5.73 Å². The van der Waals surface area contributed by atoms with Gasteiger partial charge in [-0.05, 0) is 37.3 Å². The summed E-state index contributed by atoms with van der Waals surface area (Å²) in [5.74, 6) is -2.93. The average Bonchev–Trinajstić information content (AvgIpc) is 3.09. The molecule has 1 aromatic carbocycles. The number of nitrogens with two attached hydrogens (primary N) is 1. The number of likely N-dealkylation sites (tertiary alicyclic amines) is 2. The number of amides is 2. The zero-order chi connectivity index (χ0) is 20.9. The number of rotatable bonds is 5. The molecule has 0 aromatic heterocycles. The van der Waals surface area contributed by atoms with Crippen LogP contribution in [0, 0.1) is 28.8 Å². The third-order valence-corrected chi connectivity index (χ3v) is 6.68. The van der Waals surface area contributed by atoms with E-state index in [1.807, 2.05) is 11.8 Å². The Labute approximate surface area is 168 Å². The van der Waals surface area contributed by atoms with Crippen molar-refractivity contribution in [3.63, 3.8) is 0 Å². The molecular formula is C21H26F3N3O2. The number of fused-ring (bicyclic) bond motifs is 1. The Bertz CT molecular complexity index is 843. The van der Waals surface area contributed by atoms with E-state index in [-0.39, 0.29) is 47.6 Å². The van der Waals surface area contributed by atoms with Gasteiger partial charge in [0, 0.05) is 49.5 Å². The van der Waals surface area contributed by atoms with Gasteiger partial charge in [-0.25, -0.2) is 13.2 Å². The molecule has 0 radical (unpaired) electrons. The molecule has 2 amide bonds. The SMILES string of the molecule is CC1(C(=O)N2CC3CCN(C(=O)CC(N)Cc4cc(F)c(F)cc4F)C3C2)CC1. The van der Waals surface area contributed by atoms with Crippen LogP contribution in [0.2, 0.25) is 0 Å². The lowest BCUT2D eigenvalue weighted by molar-refractivity contribution is -0.137. The van der Waals surface area contributed by atoms with E-state index in [4.69, 9.17) is 5.73 Å². The number of carbonyl (C=O) groups excluding carboxylic acids is 2. The fourth-order valence-corrected chi connectivity index (χ4v) is 4.64. The summed E-state index contributed by atoms with van der Waals surface area (Å²) in [4.78, 5) is 29.1. The smallest absolute Gasteiger partial charge is 0.228 e. The normalized spacial score (nSPS) is 25.8. The van der Waals surface area contributed by atoms with Gasteiger partial charge in [0.15, 0.2) is 11.6 Å². The summed E-state index contributed by atoms with van der Waals surface area (Å²) in [7, 11) is 0. The highest BCUT2D eigenvalue weighted by Crippen LogP contribution is 2.47. The van der Waals surface area contributed by atoms with Gasteiger partial charge in [0.2, 0.25) is 11.8 Å². The molecule has 4 rings (SSSR count). The monoisotopic (exact) mass is 409 g/mol. The number of carbonyl (C=O) groups is 2. The predicted molar refractivity (Wildman–Crippen MR) is 100 cm³/mol. The van der Waals surface area contributed by atoms with Crippen LogP contribution in [-0.2, 0) is 16.0 Å². The van der Waals surface area contributed by atoms with Crippen LogP contribution in [0.4, 0.5) is 13.2 Å². The van der Waals surface area contributed by atoms with Crippen LogP contribution in [0.3, 0.4) is 0 Å². The minimum atomic E-state index is -1.25. The number of nitrogens with zero attached hydrogens (tertiary/aromatic N) is 2. The zero-order valence-corrected chi connectivity index (χ0v) is 16.5. The average molecular weight is 409 g/mol.